The number of phenols is 1. The molecule has 1 aromatic carbocycles. The van der Waals surface area contributed by atoms with E-state index >= 15 is 0 Å². The molecule has 0 saturated heterocycles. The number of primary amides is 1. The van der Waals surface area contributed by atoms with Crippen molar-refractivity contribution >= 4 is 17.8 Å². The van der Waals surface area contributed by atoms with E-state index in [1.54, 1.807) is 0 Å². The van der Waals surface area contributed by atoms with Crippen molar-refractivity contribution in [1.29, 1.82) is 0 Å². The van der Waals surface area contributed by atoms with E-state index in [9.17, 15) is 34.8 Å². The highest BCUT2D eigenvalue weighted by Crippen LogP contribution is 2.67. The monoisotopic (exact) mass is 530 g/mol. The number of carbonyl (C=O) groups excluding carboxylic acids is 2. The number of hydrogen-bond donors (Lipinski definition) is 5. The number of hydrogen-bond acceptors (Lipinski definition) is 7. The highest BCUT2D eigenvalue weighted by molar-refractivity contribution is 6.02. The first kappa shape index (κ1) is 26.7. The van der Waals surface area contributed by atoms with E-state index in [0.29, 0.717) is 29.7 Å². The molecule has 10 nitrogen and oxygen atoms in total. The molecule has 2 aliphatic heterocycles. The van der Waals surface area contributed by atoms with Crippen LogP contribution in [0.5, 0.6) is 11.5 Å². The van der Waals surface area contributed by atoms with Crippen molar-refractivity contribution in [2.75, 3.05) is 0 Å². The zero-order valence-electron chi connectivity index (χ0n) is 22.4. The number of carboxylic acids is 1. The van der Waals surface area contributed by atoms with Crippen LogP contribution in [0.25, 0.3) is 0 Å². The van der Waals surface area contributed by atoms with Crippen molar-refractivity contribution in [3.05, 3.63) is 22.8 Å². The van der Waals surface area contributed by atoms with Crippen LogP contribution in [0, 0.1) is 22.7 Å². The first-order valence-corrected chi connectivity index (χ1v) is 13.4. The van der Waals surface area contributed by atoms with E-state index in [2.05, 4.69) is 13.8 Å². The first-order chi connectivity index (χ1) is 17.7. The molecular formula is C28H38N2O8. The van der Waals surface area contributed by atoms with Crippen LogP contribution < -0.4 is 10.5 Å². The first-order valence-electron chi connectivity index (χ1n) is 13.4. The summed E-state index contributed by atoms with van der Waals surface area (Å²) >= 11 is 0. The van der Waals surface area contributed by atoms with Gasteiger partial charge in [-0.2, -0.15) is 0 Å². The molecule has 10 heteroatoms. The molecule has 4 aliphatic rings. The Kier molecular flexibility index (Phi) is 6.04. The van der Waals surface area contributed by atoms with E-state index in [1.165, 1.54) is 11.0 Å². The number of carbonyl (C=O) groups is 3. The molecule has 7 atom stereocenters. The van der Waals surface area contributed by atoms with Gasteiger partial charge in [0.25, 0.3) is 5.91 Å². The van der Waals surface area contributed by atoms with Crippen LogP contribution in [0.1, 0.15) is 81.3 Å². The molecule has 2 heterocycles. The molecule has 0 aromatic heterocycles. The zero-order valence-corrected chi connectivity index (χ0v) is 22.4. The van der Waals surface area contributed by atoms with Crippen LogP contribution in [0.3, 0.4) is 0 Å². The highest BCUT2D eigenvalue weighted by atomic mass is 16.5. The van der Waals surface area contributed by atoms with Crippen LogP contribution >= 0.6 is 0 Å². The van der Waals surface area contributed by atoms with Gasteiger partial charge in [-0.1, -0.05) is 27.7 Å². The lowest BCUT2D eigenvalue weighted by Crippen LogP contribution is -2.69. The predicted octanol–water partition coefficient (Wildman–Crippen LogP) is 1.94. The van der Waals surface area contributed by atoms with Gasteiger partial charge in [0.2, 0.25) is 5.91 Å². The van der Waals surface area contributed by atoms with Gasteiger partial charge in [0.05, 0.1) is 24.3 Å². The molecule has 5 rings (SSSR count). The van der Waals surface area contributed by atoms with Gasteiger partial charge in [0.15, 0.2) is 0 Å². The van der Waals surface area contributed by atoms with E-state index in [-0.39, 0.29) is 42.5 Å². The fourth-order valence-corrected chi connectivity index (χ4v) is 8.37. The Labute approximate surface area is 221 Å². The summed E-state index contributed by atoms with van der Waals surface area (Å²) in [5.74, 6) is -2.01. The SMILES string of the molecule is CC1CCC2C(C)(C)C(O)C(O)CC2(C)C12Cc1c(O)cc3c(c1O2)CN(C(CCC(N)=O)C(=O)O)C3=O. The van der Waals surface area contributed by atoms with Gasteiger partial charge in [-0.15, -0.1) is 0 Å². The minimum Gasteiger partial charge on any atom is -0.508 e. The maximum Gasteiger partial charge on any atom is 0.326 e. The summed E-state index contributed by atoms with van der Waals surface area (Å²) in [6.07, 6.45) is 0.326. The Morgan fingerprint density at radius 1 is 1.21 bits per heavy atom. The Bertz CT molecular complexity index is 1210. The minimum absolute atomic E-state index is 0.0239. The normalized spacial score (nSPS) is 35.8. The number of benzene rings is 1. The third-order valence-corrected chi connectivity index (χ3v) is 10.4. The van der Waals surface area contributed by atoms with Gasteiger partial charge in [0.1, 0.15) is 23.1 Å². The lowest BCUT2D eigenvalue weighted by Gasteiger charge is -2.64. The lowest BCUT2D eigenvalue weighted by molar-refractivity contribution is -0.240. The molecule has 1 aromatic rings. The quantitative estimate of drug-likeness (QED) is 0.384. The number of amides is 2. The number of rotatable bonds is 5. The number of aliphatic hydroxyl groups is 2. The van der Waals surface area contributed by atoms with Gasteiger partial charge in [0, 0.05) is 29.4 Å². The summed E-state index contributed by atoms with van der Waals surface area (Å²) < 4.78 is 6.90. The third kappa shape index (κ3) is 3.49. The van der Waals surface area contributed by atoms with Gasteiger partial charge < -0.3 is 35.8 Å². The topological polar surface area (TPSA) is 171 Å². The fourth-order valence-electron chi connectivity index (χ4n) is 8.37. The van der Waals surface area contributed by atoms with E-state index in [1.807, 2.05) is 13.8 Å². The van der Waals surface area contributed by atoms with E-state index in [0.717, 1.165) is 12.8 Å². The van der Waals surface area contributed by atoms with Crippen molar-refractivity contribution in [2.24, 2.45) is 28.4 Å². The maximum absolute atomic E-state index is 13.3. The smallest absolute Gasteiger partial charge is 0.326 e. The molecule has 2 fully saturated rings. The van der Waals surface area contributed by atoms with Crippen molar-refractivity contribution in [2.45, 2.75) is 96.6 Å². The number of phenolic OH excluding ortho intramolecular Hbond substituents is 1. The molecule has 2 amide bonds. The third-order valence-electron chi connectivity index (χ3n) is 10.4. The predicted molar refractivity (Wildman–Crippen MR) is 135 cm³/mol. The standard InChI is InChI=1S/C28H38N2O8/c1-13-5-7-20-26(2,3)23(34)19(32)11-27(20,4)28(13)10-15-18(31)9-14-16(22(15)38-28)12-30(24(14)35)17(25(36)37)6-8-21(29)33/h9,13,17,19-20,23,31-32,34H,5-8,10-12H2,1-4H3,(H2,29,33)(H,36,37). The number of aromatic hydroxyl groups is 1. The summed E-state index contributed by atoms with van der Waals surface area (Å²) in [6, 6.07) is 0.143. The molecule has 38 heavy (non-hydrogen) atoms. The van der Waals surface area contributed by atoms with Crippen molar-refractivity contribution in [3.8, 4) is 11.5 Å². The van der Waals surface area contributed by atoms with Crippen LogP contribution in [0.4, 0.5) is 0 Å². The number of ether oxygens (including phenoxy) is 1. The molecule has 0 radical (unpaired) electrons. The molecule has 2 saturated carbocycles. The number of nitrogens with zero attached hydrogens (tertiary/aromatic N) is 1. The van der Waals surface area contributed by atoms with Gasteiger partial charge >= 0.3 is 5.97 Å². The lowest BCUT2D eigenvalue weighted by atomic mass is 9.43. The molecule has 2 aliphatic carbocycles. The number of aliphatic carboxylic acids is 1. The second-order valence-corrected chi connectivity index (χ2v) is 12.7. The molecule has 1 spiro atoms. The van der Waals surface area contributed by atoms with Gasteiger partial charge in [-0.3, -0.25) is 9.59 Å². The van der Waals surface area contributed by atoms with Crippen molar-refractivity contribution in [3.63, 3.8) is 0 Å². The number of fused-ring (bicyclic) bond motifs is 5. The summed E-state index contributed by atoms with van der Waals surface area (Å²) in [4.78, 5) is 37.9. The van der Waals surface area contributed by atoms with Crippen LogP contribution in [0.2, 0.25) is 0 Å². The largest absolute Gasteiger partial charge is 0.508 e. The van der Waals surface area contributed by atoms with Crippen molar-refractivity contribution in [1.82, 2.24) is 4.90 Å². The summed E-state index contributed by atoms with van der Waals surface area (Å²) in [7, 11) is 0. The molecule has 208 valence electrons. The summed E-state index contributed by atoms with van der Waals surface area (Å²) in [5.41, 5.74) is 4.62. The maximum atomic E-state index is 13.3. The number of nitrogens with two attached hydrogens (primary N) is 1. The molecule has 6 N–H and O–H groups in total. The highest BCUT2D eigenvalue weighted by Gasteiger charge is 2.69. The van der Waals surface area contributed by atoms with Crippen LogP contribution in [-0.4, -0.2) is 67.0 Å². The number of carboxylic acid groups (broad SMARTS) is 1. The second kappa shape index (κ2) is 8.58. The Morgan fingerprint density at radius 2 is 1.89 bits per heavy atom. The molecular weight excluding hydrogens is 492 g/mol. The van der Waals surface area contributed by atoms with E-state index < -0.39 is 52.5 Å². The van der Waals surface area contributed by atoms with Crippen molar-refractivity contribution < 1.29 is 39.5 Å². The van der Waals surface area contributed by atoms with E-state index in [4.69, 9.17) is 10.5 Å². The molecule has 0 bridgehead atoms. The van der Waals surface area contributed by atoms with Crippen LogP contribution in [-0.2, 0) is 22.6 Å². The summed E-state index contributed by atoms with van der Waals surface area (Å²) in [5, 5.41) is 42.7. The average molecular weight is 531 g/mol. The Morgan fingerprint density at radius 3 is 2.53 bits per heavy atom. The Balaban J connectivity index is 1.56. The fraction of sp³-hybridized carbons (Fsp3) is 0.679. The molecule has 7 unspecified atom stereocenters. The van der Waals surface area contributed by atoms with Crippen LogP contribution in [0.15, 0.2) is 6.07 Å². The number of aliphatic hydroxyl groups excluding tert-OH is 2. The summed E-state index contributed by atoms with van der Waals surface area (Å²) in [6.45, 7) is 8.16. The Hall–Kier alpha value is -2.85. The van der Waals surface area contributed by atoms with Gasteiger partial charge in [-0.05, 0) is 49.0 Å². The minimum atomic E-state index is -1.25. The van der Waals surface area contributed by atoms with Gasteiger partial charge in [-0.25, -0.2) is 4.79 Å². The second-order valence-electron chi connectivity index (χ2n) is 12.7. The average Bonchev–Trinajstić information content (AvgIpc) is 3.37. The zero-order chi connectivity index (χ0) is 27.9.